The van der Waals surface area contributed by atoms with Crippen LogP contribution in [0.1, 0.15) is 50.0 Å². The van der Waals surface area contributed by atoms with Crippen molar-refractivity contribution in [3.05, 3.63) is 27.1 Å². The van der Waals surface area contributed by atoms with Gasteiger partial charge in [0, 0.05) is 10.9 Å². The van der Waals surface area contributed by atoms with E-state index in [1.54, 1.807) is 0 Å². The number of rotatable bonds is 7. The molecule has 126 valence electrons. The topological polar surface area (TPSA) is 64.0 Å². The number of hydrogen-bond acceptors (Lipinski definition) is 4. The lowest BCUT2D eigenvalue weighted by Gasteiger charge is -2.14. The van der Waals surface area contributed by atoms with Crippen molar-refractivity contribution in [2.24, 2.45) is 0 Å². The molecule has 0 saturated heterocycles. The molecule has 1 atom stereocenters. The molecule has 1 N–H and O–H groups in total. The van der Waals surface area contributed by atoms with E-state index >= 15 is 0 Å². The van der Waals surface area contributed by atoms with Crippen molar-refractivity contribution in [3.63, 3.8) is 0 Å². The third kappa shape index (κ3) is 4.19. The second-order valence-corrected chi connectivity index (χ2v) is 7.31. The Morgan fingerprint density at radius 2 is 2.13 bits per heavy atom. The maximum Gasteiger partial charge on any atom is 0.262 e. The maximum absolute atomic E-state index is 12.5. The smallest absolute Gasteiger partial charge is 0.262 e. The summed E-state index contributed by atoms with van der Waals surface area (Å²) in [6.07, 6.45) is 5.90. The number of nitrogens with one attached hydrogen (secondary N) is 1. The highest BCUT2D eigenvalue weighted by atomic mass is 32.1. The second kappa shape index (κ2) is 7.73. The van der Waals surface area contributed by atoms with Crippen molar-refractivity contribution in [1.82, 2.24) is 14.9 Å². The number of fused-ring (bicyclic) bond motifs is 1. The van der Waals surface area contributed by atoms with E-state index in [0.29, 0.717) is 5.39 Å². The Balaban J connectivity index is 2.07. The van der Waals surface area contributed by atoms with E-state index in [0.717, 1.165) is 28.1 Å². The first kappa shape index (κ1) is 17.7. The third-order valence-electron chi connectivity index (χ3n) is 4.12. The minimum Gasteiger partial charge on any atom is -0.352 e. The van der Waals surface area contributed by atoms with Gasteiger partial charge in [-0.2, -0.15) is 0 Å². The van der Waals surface area contributed by atoms with E-state index in [9.17, 15) is 9.59 Å². The Morgan fingerprint density at radius 1 is 1.39 bits per heavy atom. The van der Waals surface area contributed by atoms with E-state index in [1.807, 2.05) is 20.8 Å². The van der Waals surface area contributed by atoms with Crippen molar-refractivity contribution >= 4 is 27.5 Å². The summed E-state index contributed by atoms with van der Waals surface area (Å²) in [6.45, 7) is 8.10. The number of carbonyl (C=O) groups is 1. The fraction of sp³-hybridized carbons (Fsp3) is 0.588. The number of thiophene rings is 1. The van der Waals surface area contributed by atoms with Gasteiger partial charge in [-0.1, -0.05) is 26.2 Å². The SMILES string of the molecule is CCCCC[C@H](C)NC(=O)Cn1cnc2sc(C)c(C)c2c1=O. The molecule has 2 aromatic heterocycles. The van der Waals surface area contributed by atoms with Crippen molar-refractivity contribution < 1.29 is 4.79 Å². The lowest BCUT2D eigenvalue weighted by Crippen LogP contribution is -2.37. The molecule has 0 bridgehead atoms. The summed E-state index contributed by atoms with van der Waals surface area (Å²) in [5.74, 6) is -0.137. The number of aromatic nitrogens is 2. The average Bonchev–Trinajstić information content (AvgIpc) is 2.78. The molecule has 0 unspecified atom stereocenters. The first-order valence-electron chi connectivity index (χ1n) is 8.18. The summed E-state index contributed by atoms with van der Waals surface area (Å²) < 4.78 is 1.40. The van der Waals surface area contributed by atoms with Crippen LogP contribution in [-0.2, 0) is 11.3 Å². The van der Waals surface area contributed by atoms with Crippen LogP contribution in [0.25, 0.3) is 10.2 Å². The standard InChI is InChI=1S/C17H25N3O2S/c1-5-6-7-8-11(2)19-14(21)9-20-10-18-16-15(17(20)22)12(3)13(4)23-16/h10-11H,5-9H2,1-4H3,(H,19,21)/t11-/m0/s1. The second-order valence-electron chi connectivity index (χ2n) is 6.11. The van der Waals surface area contributed by atoms with Crippen LogP contribution in [0.5, 0.6) is 0 Å². The fourth-order valence-electron chi connectivity index (χ4n) is 2.63. The van der Waals surface area contributed by atoms with E-state index in [-0.39, 0.29) is 24.1 Å². The van der Waals surface area contributed by atoms with Crippen molar-refractivity contribution in [2.75, 3.05) is 0 Å². The Kier molecular flexibility index (Phi) is 5.93. The summed E-state index contributed by atoms with van der Waals surface area (Å²) in [5, 5.41) is 3.60. The Bertz CT molecular complexity index is 748. The number of nitrogens with zero attached hydrogens (tertiary/aromatic N) is 2. The van der Waals surface area contributed by atoms with Crippen LogP contribution in [-0.4, -0.2) is 21.5 Å². The molecule has 0 fully saturated rings. The van der Waals surface area contributed by atoms with E-state index in [4.69, 9.17) is 0 Å². The van der Waals surface area contributed by atoms with Gasteiger partial charge in [-0.25, -0.2) is 4.98 Å². The maximum atomic E-state index is 12.5. The molecule has 0 radical (unpaired) electrons. The molecular formula is C17H25N3O2S. The zero-order valence-corrected chi connectivity index (χ0v) is 15.1. The normalized spacial score (nSPS) is 12.5. The van der Waals surface area contributed by atoms with E-state index in [1.165, 1.54) is 35.1 Å². The summed E-state index contributed by atoms with van der Waals surface area (Å²) in [6, 6.07) is 0.131. The molecule has 1 amide bonds. The Morgan fingerprint density at radius 3 is 2.83 bits per heavy atom. The highest BCUT2D eigenvalue weighted by Crippen LogP contribution is 2.25. The zero-order valence-electron chi connectivity index (χ0n) is 14.3. The molecule has 0 aliphatic carbocycles. The zero-order chi connectivity index (χ0) is 17.0. The monoisotopic (exact) mass is 335 g/mol. The molecule has 0 spiro atoms. The van der Waals surface area contributed by atoms with Crippen molar-refractivity contribution in [2.45, 2.75) is 66.0 Å². The van der Waals surface area contributed by atoms with Crippen LogP contribution in [0.4, 0.5) is 0 Å². The lowest BCUT2D eigenvalue weighted by atomic mass is 10.1. The van der Waals surface area contributed by atoms with Crippen LogP contribution in [0.15, 0.2) is 11.1 Å². The van der Waals surface area contributed by atoms with Gasteiger partial charge < -0.3 is 5.32 Å². The molecule has 2 aromatic rings. The van der Waals surface area contributed by atoms with Crippen LogP contribution in [0.2, 0.25) is 0 Å². The third-order valence-corrected chi connectivity index (χ3v) is 5.23. The van der Waals surface area contributed by atoms with Gasteiger partial charge >= 0.3 is 0 Å². The molecule has 0 aliphatic heterocycles. The summed E-state index contributed by atoms with van der Waals surface area (Å²) in [4.78, 5) is 30.8. The molecule has 2 rings (SSSR count). The van der Waals surface area contributed by atoms with Gasteiger partial charge in [0.1, 0.15) is 11.4 Å². The minimum absolute atomic E-state index is 0.0220. The summed E-state index contributed by atoms with van der Waals surface area (Å²) in [7, 11) is 0. The van der Waals surface area contributed by atoms with Gasteiger partial charge in [0.25, 0.3) is 5.56 Å². The van der Waals surface area contributed by atoms with Gasteiger partial charge in [0.2, 0.25) is 5.91 Å². The molecule has 6 heteroatoms. The minimum atomic E-state index is -0.137. The van der Waals surface area contributed by atoms with Crippen LogP contribution < -0.4 is 10.9 Å². The number of unbranched alkanes of at least 4 members (excludes halogenated alkanes) is 2. The highest BCUT2D eigenvalue weighted by Gasteiger charge is 2.14. The largest absolute Gasteiger partial charge is 0.352 e. The Labute approximate surface area is 140 Å². The van der Waals surface area contributed by atoms with Crippen LogP contribution in [0.3, 0.4) is 0 Å². The first-order valence-corrected chi connectivity index (χ1v) is 9.00. The predicted molar refractivity (Wildman–Crippen MR) is 95.1 cm³/mol. The first-order chi connectivity index (χ1) is 10.9. The van der Waals surface area contributed by atoms with Crippen LogP contribution in [0, 0.1) is 13.8 Å². The van der Waals surface area contributed by atoms with Gasteiger partial charge in [0.15, 0.2) is 0 Å². The van der Waals surface area contributed by atoms with E-state index in [2.05, 4.69) is 17.2 Å². The van der Waals surface area contributed by atoms with Crippen molar-refractivity contribution in [3.8, 4) is 0 Å². The summed E-state index contributed by atoms with van der Waals surface area (Å²) in [5.41, 5.74) is 0.829. The molecule has 23 heavy (non-hydrogen) atoms. The predicted octanol–water partition coefficient (Wildman–Crippen LogP) is 3.16. The molecule has 5 nitrogen and oxygen atoms in total. The van der Waals surface area contributed by atoms with Gasteiger partial charge in [-0.15, -0.1) is 11.3 Å². The van der Waals surface area contributed by atoms with Crippen LogP contribution >= 0.6 is 11.3 Å². The Hall–Kier alpha value is -1.69. The van der Waals surface area contributed by atoms with Gasteiger partial charge in [0.05, 0.1) is 11.7 Å². The molecule has 0 aliphatic rings. The van der Waals surface area contributed by atoms with Gasteiger partial charge in [-0.05, 0) is 32.8 Å². The summed E-state index contributed by atoms with van der Waals surface area (Å²) >= 11 is 1.52. The highest BCUT2D eigenvalue weighted by molar-refractivity contribution is 7.18. The van der Waals surface area contributed by atoms with Crippen molar-refractivity contribution in [1.29, 1.82) is 0 Å². The average molecular weight is 335 g/mol. The molecule has 2 heterocycles. The molecular weight excluding hydrogens is 310 g/mol. The number of carbonyl (C=O) groups excluding carboxylic acids is 1. The van der Waals surface area contributed by atoms with E-state index < -0.39 is 0 Å². The number of hydrogen-bond donors (Lipinski definition) is 1. The number of aryl methyl sites for hydroxylation is 2. The molecule has 0 aromatic carbocycles. The number of amides is 1. The molecule has 0 saturated carbocycles. The quantitative estimate of drug-likeness (QED) is 0.791. The fourth-order valence-corrected chi connectivity index (χ4v) is 3.62. The lowest BCUT2D eigenvalue weighted by molar-refractivity contribution is -0.122. The van der Waals surface area contributed by atoms with Gasteiger partial charge in [-0.3, -0.25) is 14.2 Å².